The van der Waals surface area contributed by atoms with Crippen LogP contribution in [0.3, 0.4) is 0 Å². The fraction of sp³-hybridized carbons (Fsp3) is 0.333. The molecule has 0 bridgehead atoms. The van der Waals surface area contributed by atoms with Crippen LogP contribution in [0.15, 0.2) is 24.4 Å². The topological polar surface area (TPSA) is 39.2 Å². The van der Waals surface area contributed by atoms with Crippen LogP contribution < -0.4 is 0 Å². The van der Waals surface area contributed by atoms with Gasteiger partial charge in [-0.1, -0.05) is 6.07 Å². The van der Waals surface area contributed by atoms with E-state index in [0.717, 1.165) is 12.1 Å². The molecule has 2 rings (SSSR count). The largest absolute Gasteiger partial charge is 0.465 e. The van der Waals surface area contributed by atoms with Crippen molar-refractivity contribution < 1.29 is 9.53 Å². The highest BCUT2D eigenvalue weighted by Crippen LogP contribution is 2.24. The van der Waals surface area contributed by atoms with Crippen LogP contribution in [-0.4, -0.2) is 17.6 Å². The highest BCUT2D eigenvalue weighted by atomic mass is 16.5. The van der Waals surface area contributed by atoms with Crippen molar-refractivity contribution in [2.45, 2.75) is 12.3 Å². The Bertz CT molecular complexity index is 284. The number of cyclic esters (lactones) is 1. The van der Waals surface area contributed by atoms with Crippen LogP contribution in [-0.2, 0) is 9.53 Å². The first-order valence-electron chi connectivity index (χ1n) is 3.95. The molecule has 1 aliphatic rings. The van der Waals surface area contributed by atoms with E-state index in [2.05, 4.69) is 4.98 Å². The number of esters is 1. The first kappa shape index (κ1) is 7.28. The molecule has 62 valence electrons. The quantitative estimate of drug-likeness (QED) is 0.582. The van der Waals surface area contributed by atoms with E-state index >= 15 is 0 Å². The number of hydrogen-bond donors (Lipinski definition) is 0. The van der Waals surface area contributed by atoms with Crippen LogP contribution in [0.2, 0.25) is 0 Å². The van der Waals surface area contributed by atoms with Gasteiger partial charge in [-0.05, 0) is 12.1 Å². The Labute approximate surface area is 70.4 Å². The predicted octanol–water partition coefficient (Wildman–Crippen LogP) is 1.11. The van der Waals surface area contributed by atoms with E-state index in [1.807, 2.05) is 18.2 Å². The van der Waals surface area contributed by atoms with Crippen molar-refractivity contribution in [3.63, 3.8) is 0 Å². The number of carbonyl (C=O) groups is 1. The molecule has 1 unspecified atom stereocenters. The Morgan fingerprint density at radius 3 is 3.00 bits per heavy atom. The molecule has 1 aromatic rings. The standard InChI is InChI=1S/C9H9NO2/c11-9-7(4-6-12-9)8-3-1-2-5-10-8/h1-3,5,7H,4,6H2. The molecule has 12 heavy (non-hydrogen) atoms. The van der Waals surface area contributed by atoms with Gasteiger partial charge in [0.05, 0.1) is 12.3 Å². The molecule has 3 heteroatoms. The van der Waals surface area contributed by atoms with E-state index in [1.54, 1.807) is 6.20 Å². The summed E-state index contributed by atoms with van der Waals surface area (Å²) in [6.45, 7) is 0.528. The van der Waals surface area contributed by atoms with Gasteiger partial charge in [0.1, 0.15) is 5.92 Å². The lowest BCUT2D eigenvalue weighted by Gasteiger charge is -2.02. The number of ether oxygens (including phenoxy) is 1. The van der Waals surface area contributed by atoms with Crippen LogP contribution in [0.5, 0.6) is 0 Å². The Kier molecular flexibility index (Phi) is 1.78. The molecule has 1 aliphatic heterocycles. The van der Waals surface area contributed by atoms with Crippen LogP contribution in [0.1, 0.15) is 18.0 Å². The second-order valence-electron chi connectivity index (χ2n) is 2.76. The zero-order valence-electron chi connectivity index (χ0n) is 6.56. The summed E-state index contributed by atoms with van der Waals surface area (Å²) in [4.78, 5) is 15.2. The van der Waals surface area contributed by atoms with E-state index in [4.69, 9.17) is 4.74 Å². The van der Waals surface area contributed by atoms with E-state index in [9.17, 15) is 4.79 Å². The smallest absolute Gasteiger partial charge is 0.315 e. The molecule has 3 nitrogen and oxygen atoms in total. The zero-order valence-corrected chi connectivity index (χ0v) is 6.56. The highest BCUT2D eigenvalue weighted by molar-refractivity contribution is 5.79. The van der Waals surface area contributed by atoms with Gasteiger partial charge in [0.2, 0.25) is 0 Å². The van der Waals surface area contributed by atoms with Gasteiger partial charge in [-0.2, -0.15) is 0 Å². The summed E-state index contributed by atoms with van der Waals surface area (Å²) in [5.41, 5.74) is 0.819. The Morgan fingerprint density at radius 1 is 1.50 bits per heavy atom. The van der Waals surface area contributed by atoms with Crippen molar-refractivity contribution in [3.8, 4) is 0 Å². The average Bonchev–Trinajstić information content (AvgIpc) is 2.53. The maximum Gasteiger partial charge on any atom is 0.315 e. The molecule has 1 atom stereocenters. The van der Waals surface area contributed by atoms with E-state index in [-0.39, 0.29) is 11.9 Å². The van der Waals surface area contributed by atoms with Crippen molar-refractivity contribution in [3.05, 3.63) is 30.1 Å². The molecular formula is C9H9NO2. The molecule has 2 heterocycles. The maximum atomic E-state index is 11.1. The summed E-state index contributed by atoms with van der Waals surface area (Å²) in [5.74, 6) is -0.278. The molecule has 0 amide bonds. The third-order valence-electron chi connectivity index (χ3n) is 1.98. The Morgan fingerprint density at radius 2 is 2.42 bits per heavy atom. The molecule has 1 fully saturated rings. The average molecular weight is 163 g/mol. The van der Waals surface area contributed by atoms with E-state index in [0.29, 0.717) is 6.61 Å². The van der Waals surface area contributed by atoms with Crippen molar-refractivity contribution in [2.75, 3.05) is 6.61 Å². The molecule has 1 aromatic heterocycles. The van der Waals surface area contributed by atoms with Crippen molar-refractivity contribution in [1.82, 2.24) is 4.98 Å². The maximum absolute atomic E-state index is 11.1. The first-order valence-corrected chi connectivity index (χ1v) is 3.95. The van der Waals surface area contributed by atoms with Gasteiger partial charge in [-0.15, -0.1) is 0 Å². The molecule has 0 aromatic carbocycles. The second-order valence-corrected chi connectivity index (χ2v) is 2.76. The SMILES string of the molecule is O=C1OCCC1c1ccccn1. The molecule has 0 saturated carbocycles. The minimum absolute atomic E-state index is 0.133. The number of pyridine rings is 1. The van der Waals surface area contributed by atoms with Gasteiger partial charge >= 0.3 is 5.97 Å². The van der Waals surface area contributed by atoms with Crippen molar-refractivity contribution >= 4 is 5.97 Å². The molecular weight excluding hydrogens is 154 g/mol. The van der Waals surface area contributed by atoms with Crippen LogP contribution in [0, 0.1) is 0 Å². The van der Waals surface area contributed by atoms with E-state index in [1.165, 1.54) is 0 Å². The van der Waals surface area contributed by atoms with Crippen molar-refractivity contribution in [1.29, 1.82) is 0 Å². The lowest BCUT2D eigenvalue weighted by atomic mass is 10.0. The zero-order chi connectivity index (χ0) is 8.39. The van der Waals surface area contributed by atoms with Gasteiger partial charge < -0.3 is 4.74 Å². The fourth-order valence-corrected chi connectivity index (χ4v) is 1.35. The monoisotopic (exact) mass is 163 g/mol. The summed E-state index contributed by atoms with van der Waals surface area (Å²) in [7, 11) is 0. The van der Waals surface area contributed by atoms with E-state index < -0.39 is 0 Å². The minimum atomic E-state index is -0.145. The Hall–Kier alpha value is -1.38. The van der Waals surface area contributed by atoms with Crippen LogP contribution in [0.4, 0.5) is 0 Å². The molecule has 0 aliphatic carbocycles. The van der Waals surface area contributed by atoms with Gasteiger partial charge in [0.25, 0.3) is 0 Å². The number of nitrogens with zero attached hydrogens (tertiary/aromatic N) is 1. The molecule has 0 N–H and O–H groups in total. The van der Waals surface area contributed by atoms with Gasteiger partial charge in [-0.3, -0.25) is 9.78 Å². The fourth-order valence-electron chi connectivity index (χ4n) is 1.35. The number of aromatic nitrogens is 1. The summed E-state index contributed by atoms with van der Waals surface area (Å²) in [6.07, 6.45) is 2.46. The third-order valence-corrected chi connectivity index (χ3v) is 1.98. The number of hydrogen-bond acceptors (Lipinski definition) is 3. The van der Waals surface area contributed by atoms with Crippen LogP contribution in [0.25, 0.3) is 0 Å². The number of rotatable bonds is 1. The van der Waals surface area contributed by atoms with Gasteiger partial charge in [0.15, 0.2) is 0 Å². The summed E-state index contributed by atoms with van der Waals surface area (Å²) < 4.78 is 4.84. The predicted molar refractivity (Wildman–Crippen MR) is 42.6 cm³/mol. The molecule has 0 radical (unpaired) electrons. The second kappa shape index (κ2) is 2.93. The summed E-state index contributed by atoms with van der Waals surface area (Å²) in [6, 6.07) is 5.58. The third kappa shape index (κ3) is 1.18. The lowest BCUT2D eigenvalue weighted by Crippen LogP contribution is -2.06. The highest BCUT2D eigenvalue weighted by Gasteiger charge is 2.28. The lowest BCUT2D eigenvalue weighted by molar-refractivity contribution is -0.139. The Balaban J connectivity index is 2.25. The van der Waals surface area contributed by atoms with Crippen LogP contribution >= 0.6 is 0 Å². The first-order chi connectivity index (χ1) is 5.88. The molecule has 0 spiro atoms. The normalized spacial score (nSPS) is 22.3. The number of carbonyl (C=O) groups excluding carboxylic acids is 1. The minimum Gasteiger partial charge on any atom is -0.465 e. The summed E-state index contributed by atoms with van der Waals surface area (Å²) >= 11 is 0. The van der Waals surface area contributed by atoms with Crippen molar-refractivity contribution in [2.24, 2.45) is 0 Å². The summed E-state index contributed by atoms with van der Waals surface area (Å²) in [5, 5.41) is 0. The van der Waals surface area contributed by atoms with Gasteiger partial charge in [-0.25, -0.2) is 0 Å². The van der Waals surface area contributed by atoms with Gasteiger partial charge in [0, 0.05) is 12.6 Å². The molecule has 1 saturated heterocycles.